The Morgan fingerprint density at radius 2 is 1.67 bits per heavy atom. The van der Waals surface area contributed by atoms with Gasteiger partial charge in [0.2, 0.25) is 5.91 Å². The van der Waals surface area contributed by atoms with Crippen LogP contribution in [0, 0.1) is 0 Å². The van der Waals surface area contributed by atoms with E-state index < -0.39 is 80.2 Å². The lowest BCUT2D eigenvalue weighted by molar-refractivity contribution is -0.256. The van der Waals surface area contributed by atoms with Crippen molar-refractivity contribution in [2.75, 3.05) is 20.3 Å². The summed E-state index contributed by atoms with van der Waals surface area (Å²) in [7, 11) is 1.19. The first-order valence-electron chi connectivity index (χ1n) is 9.76. The van der Waals surface area contributed by atoms with Crippen molar-refractivity contribution in [2.45, 2.75) is 81.2 Å². The molecule has 0 aromatic rings. The van der Waals surface area contributed by atoms with Gasteiger partial charge in [-0.2, -0.15) is 0 Å². The van der Waals surface area contributed by atoms with Crippen LogP contribution in [0.1, 0.15) is 20.3 Å². The van der Waals surface area contributed by atoms with Crippen molar-refractivity contribution in [1.82, 2.24) is 5.32 Å². The van der Waals surface area contributed by atoms with E-state index in [1.807, 2.05) is 0 Å². The molecule has 0 radical (unpaired) electrons. The van der Waals surface area contributed by atoms with Gasteiger partial charge in [-0.1, -0.05) is 6.92 Å². The van der Waals surface area contributed by atoms with Gasteiger partial charge in [-0.3, -0.25) is 4.79 Å². The van der Waals surface area contributed by atoms with Crippen LogP contribution in [0.2, 0.25) is 0 Å². The number of aliphatic carboxylic acids is 1. The molecule has 1 amide bonds. The SMILES string of the molecule is CCC1OC(CO)C(O)C(OCC2OC(C(=O)O)C(OC)C(O)C2O)C1NC(C)=O. The minimum absolute atomic E-state index is 0.386. The van der Waals surface area contributed by atoms with E-state index in [-0.39, 0.29) is 5.91 Å². The molecule has 2 fully saturated rings. The maximum Gasteiger partial charge on any atom is 0.335 e. The molecule has 12 heteroatoms. The van der Waals surface area contributed by atoms with Crippen LogP contribution >= 0.6 is 0 Å². The molecule has 2 rings (SSSR count). The number of aliphatic hydroxyl groups is 4. The maximum atomic E-state index is 11.6. The second-order valence-electron chi connectivity index (χ2n) is 7.43. The van der Waals surface area contributed by atoms with Gasteiger partial charge < -0.3 is 49.8 Å². The van der Waals surface area contributed by atoms with E-state index in [1.165, 1.54) is 14.0 Å². The predicted molar refractivity (Wildman–Crippen MR) is 98.5 cm³/mol. The highest BCUT2D eigenvalue weighted by molar-refractivity contribution is 5.73. The summed E-state index contributed by atoms with van der Waals surface area (Å²) in [5, 5.41) is 52.6. The van der Waals surface area contributed by atoms with Crippen molar-refractivity contribution in [1.29, 1.82) is 0 Å². The smallest absolute Gasteiger partial charge is 0.335 e. The Balaban J connectivity index is 2.18. The Morgan fingerprint density at radius 3 is 2.17 bits per heavy atom. The number of methoxy groups -OCH3 is 1. The molecule has 2 aliphatic rings. The number of nitrogens with one attached hydrogen (secondary N) is 1. The third kappa shape index (κ3) is 5.26. The number of carbonyl (C=O) groups is 2. The number of carbonyl (C=O) groups excluding carboxylic acids is 1. The molecule has 0 aliphatic carbocycles. The molecule has 174 valence electrons. The van der Waals surface area contributed by atoms with Gasteiger partial charge in [0.1, 0.15) is 42.7 Å². The van der Waals surface area contributed by atoms with E-state index in [9.17, 15) is 35.1 Å². The summed E-state index contributed by atoms with van der Waals surface area (Å²) in [4.78, 5) is 23.1. The third-order valence-electron chi connectivity index (χ3n) is 5.43. The lowest BCUT2D eigenvalue weighted by Gasteiger charge is -2.45. The standard InChI is InChI=1S/C18H31NO11/c1-4-8-11(19-7(2)21)15(13(23)9(5-20)29-8)28-6-10-12(22)14(24)16(27-3)17(30-10)18(25)26/h8-17,20,22-24H,4-6H2,1-3H3,(H,19,21)(H,25,26). The number of hydrogen-bond donors (Lipinski definition) is 6. The van der Waals surface area contributed by atoms with Crippen LogP contribution in [-0.4, -0.2) is 119 Å². The Labute approximate surface area is 173 Å². The van der Waals surface area contributed by atoms with Crippen LogP contribution in [0.3, 0.4) is 0 Å². The number of amides is 1. The molecule has 0 bridgehead atoms. The van der Waals surface area contributed by atoms with Gasteiger partial charge in [-0.15, -0.1) is 0 Å². The van der Waals surface area contributed by atoms with E-state index in [0.29, 0.717) is 6.42 Å². The number of carboxylic acids is 1. The van der Waals surface area contributed by atoms with E-state index in [0.717, 1.165) is 0 Å². The summed E-state index contributed by atoms with van der Waals surface area (Å²) in [5.41, 5.74) is 0. The van der Waals surface area contributed by atoms with Gasteiger partial charge in [0.05, 0.1) is 25.4 Å². The molecule has 12 nitrogen and oxygen atoms in total. The van der Waals surface area contributed by atoms with Gasteiger partial charge in [0, 0.05) is 14.0 Å². The highest BCUT2D eigenvalue weighted by Crippen LogP contribution is 2.28. The van der Waals surface area contributed by atoms with Crippen LogP contribution in [-0.2, 0) is 28.5 Å². The molecule has 2 saturated heterocycles. The van der Waals surface area contributed by atoms with Crippen LogP contribution in [0.4, 0.5) is 0 Å². The third-order valence-corrected chi connectivity index (χ3v) is 5.43. The van der Waals surface area contributed by atoms with E-state index >= 15 is 0 Å². The van der Waals surface area contributed by atoms with E-state index in [2.05, 4.69) is 5.32 Å². The van der Waals surface area contributed by atoms with Crippen molar-refractivity contribution in [2.24, 2.45) is 0 Å². The van der Waals surface area contributed by atoms with Crippen molar-refractivity contribution < 1.29 is 54.1 Å². The summed E-state index contributed by atoms with van der Waals surface area (Å²) in [5.74, 6) is -1.77. The Morgan fingerprint density at radius 1 is 1.00 bits per heavy atom. The average Bonchev–Trinajstić information content (AvgIpc) is 2.70. The van der Waals surface area contributed by atoms with E-state index in [4.69, 9.17) is 18.9 Å². The van der Waals surface area contributed by atoms with Gasteiger partial charge in [0.15, 0.2) is 6.10 Å². The van der Waals surface area contributed by atoms with Crippen molar-refractivity contribution in [3.05, 3.63) is 0 Å². The quantitative estimate of drug-likeness (QED) is 0.227. The molecule has 10 atom stereocenters. The maximum absolute atomic E-state index is 11.6. The summed E-state index contributed by atoms with van der Waals surface area (Å²) in [6, 6.07) is -0.766. The summed E-state index contributed by atoms with van der Waals surface area (Å²) < 4.78 is 21.7. The fraction of sp³-hybridized carbons (Fsp3) is 0.889. The summed E-state index contributed by atoms with van der Waals surface area (Å²) in [6.45, 7) is 2.21. The average molecular weight is 437 g/mol. The molecular formula is C18H31NO11. The van der Waals surface area contributed by atoms with Gasteiger partial charge >= 0.3 is 5.97 Å². The lowest BCUT2D eigenvalue weighted by Crippen LogP contribution is -2.66. The van der Waals surface area contributed by atoms with Crippen molar-refractivity contribution in [3.63, 3.8) is 0 Å². The molecule has 2 aliphatic heterocycles. The summed E-state index contributed by atoms with van der Waals surface area (Å²) in [6.07, 6.45) is -10.6. The first-order valence-corrected chi connectivity index (χ1v) is 9.76. The fourth-order valence-electron chi connectivity index (χ4n) is 3.88. The first kappa shape index (κ1) is 24.9. The minimum atomic E-state index is -1.54. The molecule has 0 aromatic heterocycles. The predicted octanol–water partition coefficient (Wildman–Crippen LogP) is -3.00. The second kappa shape index (κ2) is 10.8. The molecule has 0 aromatic carbocycles. The number of rotatable bonds is 8. The second-order valence-corrected chi connectivity index (χ2v) is 7.43. The lowest BCUT2D eigenvalue weighted by atomic mass is 9.90. The van der Waals surface area contributed by atoms with Crippen molar-refractivity contribution in [3.8, 4) is 0 Å². The van der Waals surface area contributed by atoms with Gasteiger partial charge in [0.25, 0.3) is 0 Å². The zero-order valence-corrected chi connectivity index (χ0v) is 17.1. The Kier molecular flexibility index (Phi) is 8.94. The molecule has 0 spiro atoms. The minimum Gasteiger partial charge on any atom is -0.479 e. The first-order chi connectivity index (χ1) is 14.2. The highest BCUT2D eigenvalue weighted by Gasteiger charge is 2.50. The zero-order valence-electron chi connectivity index (χ0n) is 17.1. The van der Waals surface area contributed by atoms with E-state index in [1.54, 1.807) is 6.92 Å². The number of ether oxygens (including phenoxy) is 4. The monoisotopic (exact) mass is 437 g/mol. The molecule has 0 saturated carbocycles. The van der Waals surface area contributed by atoms with Gasteiger partial charge in [-0.25, -0.2) is 4.79 Å². The van der Waals surface area contributed by atoms with Crippen LogP contribution in [0.5, 0.6) is 0 Å². The van der Waals surface area contributed by atoms with Crippen molar-refractivity contribution >= 4 is 11.9 Å². The molecule has 10 unspecified atom stereocenters. The largest absolute Gasteiger partial charge is 0.479 e. The molecule has 2 heterocycles. The Bertz CT molecular complexity index is 590. The van der Waals surface area contributed by atoms with Crippen LogP contribution in [0.15, 0.2) is 0 Å². The van der Waals surface area contributed by atoms with Gasteiger partial charge in [-0.05, 0) is 6.42 Å². The fourth-order valence-corrected chi connectivity index (χ4v) is 3.88. The normalized spacial score (nSPS) is 42.0. The van der Waals surface area contributed by atoms with Crippen LogP contribution < -0.4 is 5.32 Å². The number of aliphatic hydroxyl groups excluding tert-OH is 4. The molecular weight excluding hydrogens is 406 g/mol. The summed E-state index contributed by atoms with van der Waals surface area (Å²) >= 11 is 0. The Hall–Kier alpha value is -1.38. The van der Waals surface area contributed by atoms with Crippen LogP contribution in [0.25, 0.3) is 0 Å². The number of carboxylic acid groups (broad SMARTS) is 1. The zero-order chi connectivity index (χ0) is 22.6. The molecule has 6 N–H and O–H groups in total. The topological polar surface area (TPSA) is 184 Å². The molecule has 30 heavy (non-hydrogen) atoms. The number of hydrogen-bond acceptors (Lipinski definition) is 10. The highest BCUT2D eigenvalue weighted by atomic mass is 16.6.